The third kappa shape index (κ3) is 7.03. The molecule has 168 valence electrons. The highest BCUT2D eigenvalue weighted by Gasteiger charge is 2.27. The fraction of sp³-hybridized carbons (Fsp3) is 0.680. The van der Waals surface area contributed by atoms with E-state index < -0.39 is 0 Å². The van der Waals surface area contributed by atoms with Crippen molar-refractivity contribution in [2.75, 3.05) is 26.2 Å². The van der Waals surface area contributed by atoms with Gasteiger partial charge in [0, 0.05) is 26.1 Å². The van der Waals surface area contributed by atoms with E-state index in [9.17, 15) is 9.59 Å². The molecule has 5 nitrogen and oxygen atoms in total. The Hall–Kier alpha value is -2.04. The lowest BCUT2D eigenvalue weighted by molar-refractivity contribution is -0.135. The molecular weight excluding hydrogens is 376 g/mol. The molecule has 2 amide bonds. The quantitative estimate of drug-likeness (QED) is 0.679. The smallest absolute Gasteiger partial charge is 0.257 e. The Morgan fingerprint density at radius 3 is 2.43 bits per heavy atom. The van der Waals surface area contributed by atoms with Crippen LogP contribution in [-0.2, 0) is 4.79 Å². The maximum atomic E-state index is 13.1. The zero-order chi connectivity index (χ0) is 22.1. The Morgan fingerprint density at radius 2 is 1.77 bits per heavy atom. The number of hydrogen-bond donors (Lipinski definition) is 0. The second-order valence-corrected chi connectivity index (χ2v) is 9.22. The molecule has 0 spiro atoms. The van der Waals surface area contributed by atoms with Gasteiger partial charge in [-0.1, -0.05) is 39.8 Å². The van der Waals surface area contributed by atoms with Gasteiger partial charge >= 0.3 is 0 Å². The molecule has 0 saturated carbocycles. The topological polar surface area (TPSA) is 49.9 Å². The van der Waals surface area contributed by atoms with Gasteiger partial charge in [0.25, 0.3) is 5.91 Å². The van der Waals surface area contributed by atoms with Crippen molar-refractivity contribution in [2.45, 2.75) is 72.8 Å². The average molecular weight is 417 g/mol. The molecule has 1 aliphatic heterocycles. The summed E-state index contributed by atoms with van der Waals surface area (Å²) in [6, 6.07) is 7.52. The highest BCUT2D eigenvalue weighted by molar-refractivity contribution is 5.96. The number of rotatable bonds is 5. The summed E-state index contributed by atoms with van der Waals surface area (Å²) < 4.78 is 6.22. The van der Waals surface area contributed by atoms with Crippen LogP contribution in [0.15, 0.2) is 24.3 Å². The molecule has 30 heavy (non-hydrogen) atoms. The number of fused-ring (bicyclic) bond motifs is 1. The lowest BCUT2D eigenvalue weighted by Crippen LogP contribution is -2.45. The van der Waals surface area contributed by atoms with E-state index in [-0.39, 0.29) is 17.9 Å². The van der Waals surface area contributed by atoms with Crippen LogP contribution in [0, 0.1) is 11.8 Å². The summed E-state index contributed by atoms with van der Waals surface area (Å²) in [6.45, 7) is 13.2. The summed E-state index contributed by atoms with van der Waals surface area (Å²) in [4.78, 5) is 30.1. The van der Waals surface area contributed by atoms with Crippen LogP contribution in [0.1, 0.15) is 77.1 Å². The van der Waals surface area contributed by atoms with Crippen molar-refractivity contribution in [3.05, 3.63) is 29.8 Å². The summed E-state index contributed by atoms with van der Waals surface area (Å²) in [6.07, 6.45) is 4.36. The maximum Gasteiger partial charge on any atom is 0.257 e. The van der Waals surface area contributed by atoms with Gasteiger partial charge < -0.3 is 14.5 Å². The van der Waals surface area contributed by atoms with Crippen molar-refractivity contribution in [1.29, 1.82) is 0 Å². The number of para-hydroxylation sites is 1. The van der Waals surface area contributed by atoms with Gasteiger partial charge in [-0.25, -0.2) is 0 Å². The van der Waals surface area contributed by atoms with Crippen LogP contribution < -0.4 is 4.74 Å². The van der Waals surface area contributed by atoms with Crippen molar-refractivity contribution < 1.29 is 14.3 Å². The van der Waals surface area contributed by atoms with E-state index in [1.807, 2.05) is 36.1 Å². The average Bonchev–Trinajstić information content (AvgIpc) is 2.70. The highest BCUT2D eigenvalue weighted by atomic mass is 16.5. The Balaban J connectivity index is 2.34. The molecule has 0 saturated heterocycles. The summed E-state index contributed by atoms with van der Waals surface area (Å²) in [7, 11) is 0. The molecule has 0 fully saturated rings. The molecular formula is C25H40N2O3. The van der Waals surface area contributed by atoms with Gasteiger partial charge in [-0.2, -0.15) is 0 Å². The van der Waals surface area contributed by atoms with Crippen LogP contribution >= 0.6 is 0 Å². The van der Waals surface area contributed by atoms with E-state index in [4.69, 9.17) is 4.74 Å². The lowest BCUT2D eigenvalue weighted by atomic mass is 10.0. The van der Waals surface area contributed by atoms with Gasteiger partial charge in [0.1, 0.15) is 12.4 Å². The van der Waals surface area contributed by atoms with Gasteiger partial charge in [0.15, 0.2) is 0 Å². The van der Waals surface area contributed by atoms with Gasteiger partial charge in [-0.15, -0.1) is 0 Å². The normalized spacial score (nSPS) is 19.0. The minimum absolute atomic E-state index is 0.0161. The maximum absolute atomic E-state index is 13.1. The van der Waals surface area contributed by atoms with Crippen molar-refractivity contribution in [3.63, 3.8) is 0 Å². The molecule has 5 heteroatoms. The number of nitrogens with zero attached hydrogens (tertiary/aromatic N) is 2. The monoisotopic (exact) mass is 416 g/mol. The van der Waals surface area contributed by atoms with E-state index in [0.29, 0.717) is 42.7 Å². The SMILES string of the molecule is CCN1CCCCCN(C(=O)CC(C)C)[C@@H](CC(C)C)COc2ccccc2C1=O. The van der Waals surface area contributed by atoms with Crippen molar-refractivity contribution in [3.8, 4) is 5.75 Å². The summed E-state index contributed by atoms with van der Waals surface area (Å²) in [5, 5.41) is 0. The fourth-order valence-electron chi connectivity index (χ4n) is 4.10. The fourth-order valence-corrected chi connectivity index (χ4v) is 4.10. The standard InChI is InChI=1S/C25H40N2O3/c1-6-26-14-10-7-11-15-27(24(28)17-20(4)5)21(16-19(2)3)18-30-23-13-9-8-12-22(23)25(26)29/h8-9,12-13,19-21H,6-7,10-11,14-18H2,1-5H3/t21-/m0/s1. The van der Waals surface area contributed by atoms with Crippen molar-refractivity contribution in [1.82, 2.24) is 9.80 Å². The molecule has 1 aromatic carbocycles. The summed E-state index contributed by atoms with van der Waals surface area (Å²) in [5.41, 5.74) is 0.613. The molecule has 1 heterocycles. The van der Waals surface area contributed by atoms with Crippen LogP contribution in [0.3, 0.4) is 0 Å². The van der Waals surface area contributed by atoms with Crippen LogP contribution in [-0.4, -0.2) is 53.9 Å². The molecule has 0 aromatic heterocycles. The zero-order valence-electron chi connectivity index (χ0n) is 19.5. The Morgan fingerprint density at radius 1 is 1.07 bits per heavy atom. The third-order valence-corrected chi connectivity index (χ3v) is 5.63. The number of amides is 2. The number of hydrogen-bond acceptors (Lipinski definition) is 3. The first-order valence-corrected chi connectivity index (χ1v) is 11.6. The van der Waals surface area contributed by atoms with E-state index in [0.717, 1.165) is 38.8 Å². The van der Waals surface area contributed by atoms with Crippen molar-refractivity contribution >= 4 is 11.8 Å². The largest absolute Gasteiger partial charge is 0.491 e. The van der Waals surface area contributed by atoms with E-state index in [1.54, 1.807) is 0 Å². The molecule has 2 rings (SSSR count). The molecule has 0 N–H and O–H groups in total. The lowest BCUT2D eigenvalue weighted by Gasteiger charge is -2.33. The Kier molecular flexibility index (Phi) is 9.67. The van der Waals surface area contributed by atoms with Gasteiger partial charge in [0.2, 0.25) is 5.91 Å². The molecule has 1 atom stereocenters. The van der Waals surface area contributed by atoms with Crippen LogP contribution in [0.5, 0.6) is 5.75 Å². The van der Waals surface area contributed by atoms with Crippen molar-refractivity contribution in [2.24, 2.45) is 11.8 Å². The van der Waals surface area contributed by atoms with E-state index in [2.05, 4.69) is 32.6 Å². The molecule has 0 bridgehead atoms. The highest BCUT2D eigenvalue weighted by Crippen LogP contribution is 2.24. The summed E-state index contributed by atoms with van der Waals surface area (Å²) in [5.74, 6) is 1.65. The predicted octanol–water partition coefficient (Wildman–Crippen LogP) is 5.00. The van der Waals surface area contributed by atoms with Gasteiger partial charge in [-0.3, -0.25) is 9.59 Å². The van der Waals surface area contributed by atoms with E-state index >= 15 is 0 Å². The molecule has 1 aliphatic rings. The molecule has 0 radical (unpaired) electrons. The first kappa shape index (κ1) is 24.2. The number of benzene rings is 1. The second kappa shape index (κ2) is 12.0. The minimum atomic E-state index is 0.0161. The first-order chi connectivity index (χ1) is 14.3. The number of carbonyl (C=O) groups excluding carboxylic acids is 2. The Bertz CT molecular complexity index is 687. The predicted molar refractivity (Wildman–Crippen MR) is 122 cm³/mol. The van der Waals surface area contributed by atoms with Crippen LogP contribution in [0.2, 0.25) is 0 Å². The number of ether oxygens (including phenoxy) is 1. The van der Waals surface area contributed by atoms with E-state index in [1.165, 1.54) is 0 Å². The van der Waals surface area contributed by atoms with Gasteiger partial charge in [-0.05, 0) is 56.6 Å². The number of carbonyl (C=O) groups is 2. The molecule has 0 unspecified atom stereocenters. The summed E-state index contributed by atoms with van der Waals surface area (Å²) >= 11 is 0. The minimum Gasteiger partial charge on any atom is -0.491 e. The zero-order valence-corrected chi connectivity index (χ0v) is 19.5. The first-order valence-electron chi connectivity index (χ1n) is 11.6. The third-order valence-electron chi connectivity index (χ3n) is 5.63. The molecule has 0 aliphatic carbocycles. The van der Waals surface area contributed by atoms with Gasteiger partial charge in [0.05, 0.1) is 11.6 Å². The van der Waals surface area contributed by atoms with Crippen LogP contribution in [0.25, 0.3) is 0 Å². The Labute approximate surface area is 182 Å². The van der Waals surface area contributed by atoms with Crippen LogP contribution in [0.4, 0.5) is 0 Å². The molecule has 1 aromatic rings. The second-order valence-electron chi connectivity index (χ2n) is 9.22.